The van der Waals surface area contributed by atoms with Gasteiger partial charge in [-0.15, -0.1) is 0 Å². The molecular formula is C10H24N2. The highest BCUT2D eigenvalue weighted by molar-refractivity contribution is 4.76. The van der Waals surface area contributed by atoms with Crippen molar-refractivity contribution in [1.29, 1.82) is 0 Å². The van der Waals surface area contributed by atoms with E-state index < -0.39 is 0 Å². The molecule has 4 N–H and O–H groups in total. The lowest BCUT2D eigenvalue weighted by Crippen LogP contribution is -2.29. The van der Waals surface area contributed by atoms with E-state index in [2.05, 4.69) is 27.7 Å². The summed E-state index contributed by atoms with van der Waals surface area (Å²) < 4.78 is 0. The molecule has 0 fully saturated rings. The summed E-state index contributed by atoms with van der Waals surface area (Å²) in [5.74, 6) is 0.655. The van der Waals surface area contributed by atoms with Crippen LogP contribution in [0.25, 0.3) is 0 Å². The lowest BCUT2D eigenvalue weighted by molar-refractivity contribution is 0.205. The zero-order valence-electron chi connectivity index (χ0n) is 8.93. The monoisotopic (exact) mass is 172 g/mol. The van der Waals surface area contributed by atoms with Gasteiger partial charge in [0.25, 0.3) is 0 Å². The molecule has 0 bridgehead atoms. The summed E-state index contributed by atoms with van der Waals surface area (Å²) >= 11 is 0. The van der Waals surface area contributed by atoms with Crippen LogP contribution in [0.15, 0.2) is 0 Å². The van der Waals surface area contributed by atoms with E-state index in [-0.39, 0.29) is 0 Å². The molecule has 2 atom stereocenters. The van der Waals surface area contributed by atoms with Gasteiger partial charge in [-0.3, -0.25) is 0 Å². The van der Waals surface area contributed by atoms with Crippen LogP contribution in [0.1, 0.15) is 40.5 Å². The Morgan fingerprint density at radius 2 is 1.75 bits per heavy atom. The van der Waals surface area contributed by atoms with Crippen LogP contribution in [0, 0.1) is 11.3 Å². The summed E-state index contributed by atoms with van der Waals surface area (Å²) in [4.78, 5) is 0. The van der Waals surface area contributed by atoms with Gasteiger partial charge in [0, 0.05) is 6.04 Å². The highest BCUT2D eigenvalue weighted by atomic mass is 14.6. The molecule has 0 spiro atoms. The number of hydrogen-bond acceptors (Lipinski definition) is 2. The van der Waals surface area contributed by atoms with Crippen molar-refractivity contribution in [3.63, 3.8) is 0 Å². The second-order valence-electron chi connectivity index (χ2n) is 4.85. The highest BCUT2D eigenvalue weighted by Crippen LogP contribution is 2.31. The number of hydrogen-bond donors (Lipinski definition) is 2. The average Bonchev–Trinajstić information content (AvgIpc) is 1.83. The van der Waals surface area contributed by atoms with Gasteiger partial charge in [0.2, 0.25) is 0 Å². The molecule has 0 saturated heterocycles. The Bertz CT molecular complexity index is 113. The minimum Gasteiger partial charge on any atom is -0.330 e. The zero-order chi connectivity index (χ0) is 9.78. The van der Waals surface area contributed by atoms with Gasteiger partial charge in [-0.25, -0.2) is 0 Å². The largest absolute Gasteiger partial charge is 0.330 e. The van der Waals surface area contributed by atoms with Crippen LogP contribution in [0.2, 0.25) is 0 Å². The third-order valence-corrected chi connectivity index (χ3v) is 2.40. The Morgan fingerprint density at radius 1 is 1.25 bits per heavy atom. The van der Waals surface area contributed by atoms with E-state index >= 15 is 0 Å². The summed E-state index contributed by atoms with van der Waals surface area (Å²) in [6.45, 7) is 9.62. The van der Waals surface area contributed by atoms with Crippen molar-refractivity contribution in [1.82, 2.24) is 0 Å². The quantitative estimate of drug-likeness (QED) is 0.678. The van der Waals surface area contributed by atoms with E-state index in [4.69, 9.17) is 11.5 Å². The number of nitrogens with two attached hydrogens (primary N) is 2. The maximum absolute atomic E-state index is 5.78. The second-order valence-corrected chi connectivity index (χ2v) is 4.85. The first-order valence-corrected chi connectivity index (χ1v) is 4.83. The molecule has 0 radical (unpaired) electrons. The molecule has 0 rings (SSSR count). The molecule has 0 aromatic heterocycles. The van der Waals surface area contributed by atoms with Crippen molar-refractivity contribution in [3.8, 4) is 0 Å². The SMILES string of the molecule is CC(N)CC(CCN)C(C)(C)C. The molecule has 0 aliphatic rings. The molecule has 74 valence electrons. The summed E-state index contributed by atoms with van der Waals surface area (Å²) in [6, 6.07) is 0.292. The third kappa shape index (κ3) is 4.73. The van der Waals surface area contributed by atoms with E-state index in [1.807, 2.05) is 0 Å². The average molecular weight is 172 g/mol. The Kier molecular flexibility index (Phi) is 4.80. The maximum Gasteiger partial charge on any atom is 0.00133 e. The second kappa shape index (κ2) is 4.83. The molecule has 0 aliphatic carbocycles. The maximum atomic E-state index is 5.78. The van der Waals surface area contributed by atoms with Crippen LogP contribution in [0.3, 0.4) is 0 Å². The summed E-state index contributed by atoms with van der Waals surface area (Å²) in [6.07, 6.45) is 2.17. The fraction of sp³-hybridized carbons (Fsp3) is 1.00. The van der Waals surface area contributed by atoms with Gasteiger partial charge in [-0.1, -0.05) is 20.8 Å². The van der Waals surface area contributed by atoms with Gasteiger partial charge in [0.1, 0.15) is 0 Å². The Balaban J connectivity index is 4.04. The minimum absolute atomic E-state index is 0.292. The molecule has 0 amide bonds. The third-order valence-electron chi connectivity index (χ3n) is 2.40. The summed E-state index contributed by atoms with van der Waals surface area (Å²) in [7, 11) is 0. The molecule has 0 aromatic carbocycles. The van der Waals surface area contributed by atoms with Gasteiger partial charge in [-0.05, 0) is 37.6 Å². The van der Waals surface area contributed by atoms with E-state index in [0.717, 1.165) is 19.4 Å². The molecule has 0 saturated carbocycles. The topological polar surface area (TPSA) is 52.0 Å². The fourth-order valence-electron chi connectivity index (χ4n) is 1.55. The minimum atomic E-state index is 0.292. The van der Waals surface area contributed by atoms with Gasteiger partial charge in [-0.2, -0.15) is 0 Å². The summed E-state index contributed by atoms with van der Waals surface area (Å²) in [5.41, 5.74) is 11.7. The Hall–Kier alpha value is -0.0800. The predicted molar refractivity (Wildman–Crippen MR) is 54.9 cm³/mol. The lowest BCUT2D eigenvalue weighted by Gasteiger charge is -2.31. The van der Waals surface area contributed by atoms with Crippen LogP contribution in [0.4, 0.5) is 0 Å². The lowest BCUT2D eigenvalue weighted by atomic mass is 9.75. The summed E-state index contributed by atoms with van der Waals surface area (Å²) in [5, 5.41) is 0. The Labute approximate surface area is 76.7 Å². The molecule has 12 heavy (non-hydrogen) atoms. The molecule has 0 aromatic rings. The fourth-order valence-corrected chi connectivity index (χ4v) is 1.55. The normalized spacial score (nSPS) is 17.5. The molecule has 2 heteroatoms. The molecule has 0 heterocycles. The molecule has 2 nitrogen and oxygen atoms in total. The zero-order valence-corrected chi connectivity index (χ0v) is 8.93. The molecular weight excluding hydrogens is 148 g/mol. The first kappa shape index (κ1) is 11.9. The first-order valence-electron chi connectivity index (χ1n) is 4.83. The van der Waals surface area contributed by atoms with E-state index in [0.29, 0.717) is 17.4 Å². The van der Waals surface area contributed by atoms with E-state index in [1.165, 1.54) is 0 Å². The Morgan fingerprint density at radius 3 is 2.00 bits per heavy atom. The van der Waals surface area contributed by atoms with Crippen molar-refractivity contribution in [3.05, 3.63) is 0 Å². The molecule has 2 unspecified atom stereocenters. The van der Waals surface area contributed by atoms with Gasteiger partial charge in [0.05, 0.1) is 0 Å². The van der Waals surface area contributed by atoms with Crippen LogP contribution >= 0.6 is 0 Å². The predicted octanol–water partition coefficient (Wildman–Crippen LogP) is 1.73. The van der Waals surface area contributed by atoms with Crippen molar-refractivity contribution < 1.29 is 0 Å². The van der Waals surface area contributed by atoms with Crippen LogP contribution in [0.5, 0.6) is 0 Å². The standard InChI is InChI=1S/C10H24N2/c1-8(12)7-9(5-6-11)10(2,3)4/h8-9H,5-7,11-12H2,1-4H3. The van der Waals surface area contributed by atoms with Crippen molar-refractivity contribution in [2.75, 3.05) is 6.54 Å². The van der Waals surface area contributed by atoms with Crippen LogP contribution in [-0.4, -0.2) is 12.6 Å². The highest BCUT2D eigenvalue weighted by Gasteiger charge is 2.24. The van der Waals surface area contributed by atoms with Crippen LogP contribution < -0.4 is 11.5 Å². The van der Waals surface area contributed by atoms with Gasteiger partial charge in [0.15, 0.2) is 0 Å². The van der Waals surface area contributed by atoms with Crippen molar-refractivity contribution >= 4 is 0 Å². The van der Waals surface area contributed by atoms with Gasteiger partial charge >= 0.3 is 0 Å². The van der Waals surface area contributed by atoms with Crippen molar-refractivity contribution in [2.45, 2.75) is 46.6 Å². The van der Waals surface area contributed by atoms with Crippen LogP contribution in [-0.2, 0) is 0 Å². The number of rotatable bonds is 4. The molecule has 0 aliphatic heterocycles. The first-order chi connectivity index (χ1) is 5.38. The smallest absolute Gasteiger partial charge is 0.00133 e. The van der Waals surface area contributed by atoms with E-state index in [1.54, 1.807) is 0 Å². The van der Waals surface area contributed by atoms with Gasteiger partial charge < -0.3 is 11.5 Å². The van der Waals surface area contributed by atoms with Crippen molar-refractivity contribution in [2.24, 2.45) is 22.8 Å². The van der Waals surface area contributed by atoms with E-state index in [9.17, 15) is 0 Å².